The lowest BCUT2D eigenvalue weighted by Crippen LogP contribution is -2.42. The Balaban J connectivity index is 1.63. The monoisotopic (exact) mass is 356 g/mol. The fourth-order valence-electron chi connectivity index (χ4n) is 4.01. The van der Waals surface area contributed by atoms with Crippen molar-refractivity contribution in [3.05, 3.63) is 45.3 Å². The summed E-state index contributed by atoms with van der Waals surface area (Å²) < 4.78 is 11.3. The van der Waals surface area contributed by atoms with Crippen molar-refractivity contribution in [1.82, 2.24) is 9.80 Å². The van der Waals surface area contributed by atoms with E-state index in [2.05, 4.69) is 17.9 Å². The molecule has 2 fully saturated rings. The van der Waals surface area contributed by atoms with Crippen LogP contribution >= 0.6 is 0 Å². The van der Waals surface area contributed by atoms with Crippen molar-refractivity contribution in [2.24, 2.45) is 0 Å². The van der Waals surface area contributed by atoms with E-state index in [0.29, 0.717) is 25.2 Å². The van der Waals surface area contributed by atoms with Crippen LogP contribution in [0.5, 0.6) is 0 Å². The molecule has 0 bridgehead atoms. The molecule has 6 heteroatoms. The summed E-state index contributed by atoms with van der Waals surface area (Å²) in [6, 6.07) is 5.67. The minimum Gasteiger partial charge on any atom is -0.423 e. The lowest BCUT2D eigenvalue weighted by molar-refractivity contribution is -0.131. The Kier molecular flexibility index (Phi) is 4.32. The highest BCUT2D eigenvalue weighted by Gasteiger charge is 2.39. The van der Waals surface area contributed by atoms with Crippen LogP contribution in [-0.4, -0.2) is 54.6 Å². The molecule has 6 nitrogen and oxygen atoms in total. The average molecular weight is 356 g/mol. The predicted octanol–water partition coefficient (Wildman–Crippen LogP) is 1.84. The van der Waals surface area contributed by atoms with Crippen LogP contribution in [0.25, 0.3) is 11.0 Å². The second kappa shape index (κ2) is 6.52. The lowest BCUT2D eigenvalue weighted by atomic mass is 10.0. The molecule has 0 N–H and O–H groups in total. The van der Waals surface area contributed by atoms with Crippen LogP contribution in [0.15, 0.2) is 27.4 Å². The largest absolute Gasteiger partial charge is 0.423 e. The van der Waals surface area contributed by atoms with E-state index in [1.165, 1.54) is 5.56 Å². The summed E-state index contributed by atoms with van der Waals surface area (Å²) in [5.74, 6) is 0.135. The molecule has 2 aliphatic heterocycles. The maximum atomic E-state index is 12.1. The first kappa shape index (κ1) is 17.2. The van der Waals surface area contributed by atoms with Crippen LogP contribution in [-0.2, 0) is 16.1 Å². The molecule has 26 heavy (non-hydrogen) atoms. The number of ether oxygens (including phenoxy) is 1. The summed E-state index contributed by atoms with van der Waals surface area (Å²) in [6.07, 6.45) is 0.480. The van der Waals surface area contributed by atoms with Crippen molar-refractivity contribution in [3.8, 4) is 0 Å². The van der Waals surface area contributed by atoms with Gasteiger partial charge in [-0.25, -0.2) is 4.79 Å². The quantitative estimate of drug-likeness (QED) is 0.769. The van der Waals surface area contributed by atoms with E-state index in [1.54, 1.807) is 6.07 Å². The Morgan fingerprint density at radius 2 is 1.88 bits per heavy atom. The highest BCUT2D eigenvalue weighted by molar-refractivity contribution is 5.82. The van der Waals surface area contributed by atoms with Crippen molar-refractivity contribution in [2.45, 2.75) is 39.0 Å². The summed E-state index contributed by atoms with van der Waals surface area (Å²) in [6.45, 7) is 6.71. The van der Waals surface area contributed by atoms with Gasteiger partial charge in [0.15, 0.2) is 0 Å². The molecule has 1 aromatic heterocycles. The maximum Gasteiger partial charge on any atom is 0.336 e. The molecular formula is C20H24N2O4. The number of carbonyl (C=O) groups is 1. The molecule has 0 aliphatic carbocycles. The van der Waals surface area contributed by atoms with E-state index in [9.17, 15) is 9.59 Å². The number of hydrogen-bond acceptors (Lipinski definition) is 5. The molecule has 2 saturated heterocycles. The van der Waals surface area contributed by atoms with Crippen LogP contribution in [0, 0.1) is 13.8 Å². The maximum absolute atomic E-state index is 12.1. The molecule has 0 saturated carbocycles. The first-order chi connectivity index (χ1) is 12.4. The summed E-state index contributed by atoms with van der Waals surface area (Å²) in [5.41, 5.74) is 3.55. The number of benzene rings is 1. The van der Waals surface area contributed by atoms with Gasteiger partial charge in [0.05, 0.1) is 25.2 Å². The molecule has 1 amide bonds. The van der Waals surface area contributed by atoms with Crippen molar-refractivity contribution < 1.29 is 13.9 Å². The summed E-state index contributed by atoms with van der Waals surface area (Å²) in [4.78, 5) is 28.2. The zero-order chi connectivity index (χ0) is 18.4. The van der Waals surface area contributed by atoms with E-state index < -0.39 is 0 Å². The molecule has 4 rings (SSSR count). The molecule has 3 heterocycles. The molecule has 2 aliphatic rings. The first-order valence-electron chi connectivity index (χ1n) is 9.06. The molecule has 1 aromatic carbocycles. The number of likely N-dealkylation sites (tertiary alicyclic amines) is 1. The smallest absolute Gasteiger partial charge is 0.336 e. The van der Waals surface area contributed by atoms with Crippen LogP contribution in [0.2, 0.25) is 0 Å². The van der Waals surface area contributed by atoms with Gasteiger partial charge in [-0.3, -0.25) is 9.69 Å². The third kappa shape index (κ3) is 3.04. The summed E-state index contributed by atoms with van der Waals surface area (Å²) in [5, 5.41) is 0.977. The highest BCUT2D eigenvalue weighted by atomic mass is 16.5. The van der Waals surface area contributed by atoms with E-state index in [-0.39, 0.29) is 23.7 Å². The van der Waals surface area contributed by atoms with Crippen LogP contribution < -0.4 is 5.63 Å². The lowest BCUT2D eigenvalue weighted by Gasteiger charge is -2.25. The van der Waals surface area contributed by atoms with Crippen molar-refractivity contribution in [3.63, 3.8) is 0 Å². The minimum absolute atomic E-state index is 0.0295. The van der Waals surface area contributed by atoms with E-state index in [1.807, 2.05) is 24.9 Å². The van der Waals surface area contributed by atoms with Gasteiger partial charge in [-0.2, -0.15) is 0 Å². The van der Waals surface area contributed by atoms with E-state index >= 15 is 0 Å². The van der Waals surface area contributed by atoms with Gasteiger partial charge in [-0.15, -0.1) is 0 Å². The molecule has 0 unspecified atom stereocenters. The van der Waals surface area contributed by atoms with Crippen LogP contribution in [0.3, 0.4) is 0 Å². The van der Waals surface area contributed by atoms with Crippen LogP contribution in [0.1, 0.15) is 23.1 Å². The molecule has 0 radical (unpaired) electrons. The van der Waals surface area contributed by atoms with Crippen molar-refractivity contribution in [1.29, 1.82) is 0 Å². The number of fused-ring (bicyclic) bond motifs is 2. The summed E-state index contributed by atoms with van der Waals surface area (Å²) in [7, 11) is 1.86. The zero-order valence-electron chi connectivity index (χ0n) is 15.4. The molecular weight excluding hydrogens is 332 g/mol. The Bertz CT molecular complexity index is 920. The SMILES string of the molecule is Cc1cc2oc(=O)cc(CN3C[C@@H]4OCCC(=O)N(C)[C@H]4C3)c2cc1C. The number of amides is 1. The number of hydrogen-bond donors (Lipinski definition) is 0. The number of likely N-dealkylation sites (N-methyl/N-ethyl adjacent to an activating group) is 1. The Labute approximate surface area is 152 Å². The Morgan fingerprint density at radius 3 is 2.69 bits per heavy atom. The zero-order valence-corrected chi connectivity index (χ0v) is 15.4. The normalized spacial score (nSPS) is 24.1. The van der Waals surface area contributed by atoms with Crippen molar-refractivity contribution in [2.75, 3.05) is 26.7 Å². The second-order valence-electron chi connectivity index (χ2n) is 7.45. The van der Waals surface area contributed by atoms with Crippen molar-refractivity contribution >= 4 is 16.9 Å². The predicted molar refractivity (Wildman–Crippen MR) is 98.2 cm³/mol. The number of rotatable bonds is 2. The molecule has 0 spiro atoms. The minimum atomic E-state index is -0.326. The van der Waals surface area contributed by atoms with Gasteiger partial charge in [-0.05, 0) is 42.7 Å². The third-order valence-corrected chi connectivity index (χ3v) is 5.69. The second-order valence-corrected chi connectivity index (χ2v) is 7.45. The fourth-order valence-corrected chi connectivity index (χ4v) is 4.01. The number of nitrogens with zero attached hydrogens (tertiary/aromatic N) is 2. The summed E-state index contributed by atoms with van der Waals surface area (Å²) >= 11 is 0. The fraction of sp³-hybridized carbons (Fsp3) is 0.500. The Hall–Kier alpha value is -2.18. The van der Waals surface area contributed by atoms with E-state index in [4.69, 9.17) is 9.15 Å². The van der Waals surface area contributed by atoms with Gasteiger partial charge >= 0.3 is 5.63 Å². The topological polar surface area (TPSA) is 63.0 Å². The van der Waals surface area contributed by atoms with Gasteiger partial charge in [0, 0.05) is 38.1 Å². The molecule has 2 atom stereocenters. The molecule has 138 valence electrons. The molecule has 2 aromatic rings. The average Bonchev–Trinajstić information content (AvgIpc) is 2.93. The highest BCUT2D eigenvalue weighted by Crippen LogP contribution is 2.26. The number of aryl methyl sites for hydroxylation is 2. The van der Waals surface area contributed by atoms with Gasteiger partial charge < -0.3 is 14.1 Å². The van der Waals surface area contributed by atoms with Gasteiger partial charge in [0.1, 0.15) is 5.58 Å². The van der Waals surface area contributed by atoms with E-state index in [0.717, 1.165) is 29.6 Å². The van der Waals surface area contributed by atoms with Gasteiger partial charge in [0.25, 0.3) is 0 Å². The standard InChI is InChI=1S/C20H24N2O4/c1-12-6-15-14(8-20(24)26-17(15)7-13(12)2)9-22-10-16-18(11-22)25-5-4-19(23)21(16)3/h6-8,16,18H,4-5,9-11H2,1-3H3/t16-,18-/m0/s1. The van der Waals surface area contributed by atoms with Gasteiger partial charge in [0.2, 0.25) is 5.91 Å². The first-order valence-corrected chi connectivity index (χ1v) is 9.06. The Morgan fingerprint density at radius 1 is 1.12 bits per heavy atom. The van der Waals surface area contributed by atoms with Gasteiger partial charge in [-0.1, -0.05) is 0 Å². The third-order valence-electron chi connectivity index (χ3n) is 5.69. The number of carbonyl (C=O) groups excluding carboxylic acids is 1. The van der Waals surface area contributed by atoms with Crippen LogP contribution in [0.4, 0.5) is 0 Å².